The summed E-state index contributed by atoms with van der Waals surface area (Å²) in [5, 5.41) is 1.91. The van der Waals surface area contributed by atoms with Crippen molar-refractivity contribution < 1.29 is 22.7 Å². The quantitative estimate of drug-likeness (QED) is 0.639. The Morgan fingerprint density at radius 3 is 2.53 bits per heavy atom. The zero-order valence-electron chi connectivity index (χ0n) is 10.1. The number of amides is 1. The molecule has 0 bridgehead atoms. The van der Waals surface area contributed by atoms with E-state index in [1.54, 1.807) is 30.3 Å². The maximum atomic E-state index is 12.2. The summed E-state index contributed by atoms with van der Waals surface area (Å²) in [4.78, 5) is 11.0. The Balaban J connectivity index is 2.75. The van der Waals surface area contributed by atoms with Crippen LogP contribution in [0.1, 0.15) is 11.6 Å². The van der Waals surface area contributed by atoms with E-state index >= 15 is 0 Å². The maximum absolute atomic E-state index is 12.2. The third-order valence-corrected chi connectivity index (χ3v) is 2.28. The second-order valence-electron chi connectivity index (χ2n) is 3.76. The fourth-order valence-corrected chi connectivity index (χ4v) is 1.42. The van der Waals surface area contributed by atoms with Crippen molar-refractivity contribution in [2.75, 3.05) is 13.2 Å². The Hall–Kier alpha value is -1.82. The van der Waals surface area contributed by atoms with Gasteiger partial charge in [0.15, 0.2) is 0 Å². The third-order valence-electron chi connectivity index (χ3n) is 2.28. The number of hydrogen-bond acceptors (Lipinski definition) is 2. The van der Waals surface area contributed by atoms with Crippen LogP contribution in [-0.2, 0) is 9.53 Å². The van der Waals surface area contributed by atoms with Crippen molar-refractivity contribution in [1.82, 2.24) is 5.32 Å². The predicted octanol–water partition coefficient (Wildman–Crippen LogP) is 2.61. The third kappa shape index (κ3) is 5.13. The molecule has 1 aromatic carbocycles. The molecule has 0 spiro atoms. The van der Waals surface area contributed by atoms with E-state index in [2.05, 4.69) is 6.58 Å². The molecule has 1 N–H and O–H groups in total. The topological polar surface area (TPSA) is 38.3 Å². The molecule has 0 heterocycles. The Morgan fingerprint density at radius 2 is 2.00 bits per heavy atom. The highest BCUT2D eigenvalue weighted by molar-refractivity contribution is 5.82. The van der Waals surface area contributed by atoms with Gasteiger partial charge in [0.2, 0.25) is 0 Å². The zero-order chi connectivity index (χ0) is 14.3. The van der Waals surface area contributed by atoms with Crippen LogP contribution in [0.25, 0.3) is 0 Å². The smallest absolute Gasteiger partial charge is 0.375 e. The van der Waals surface area contributed by atoms with Crippen LogP contribution in [0.15, 0.2) is 43.0 Å². The number of carbonyl (C=O) groups excluding carboxylic acids is 1. The first-order valence-corrected chi connectivity index (χ1v) is 5.56. The van der Waals surface area contributed by atoms with Crippen molar-refractivity contribution in [1.29, 1.82) is 0 Å². The highest BCUT2D eigenvalue weighted by atomic mass is 19.4. The lowest BCUT2D eigenvalue weighted by Crippen LogP contribution is -2.40. The average molecular weight is 273 g/mol. The molecule has 6 heteroatoms. The van der Waals surface area contributed by atoms with Crippen molar-refractivity contribution in [3.63, 3.8) is 0 Å². The molecule has 104 valence electrons. The van der Waals surface area contributed by atoms with Crippen LogP contribution in [-0.4, -0.2) is 25.3 Å². The number of rotatable bonds is 6. The molecule has 0 aliphatic carbocycles. The van der Waals surface area contributed by atoms with Gasteiger partial charge >= 0.3 is 12.1 Å². The number of carbonyl (C=O) groups is 1. The Bertz CT molecular complexity index is 418. The molecule has 0 unspecified atom stereocenters. The largest absolute Gasteiger partial charge is 0.471 e. The lowest BCUT2D eigenvalue weighted by Gasteiger charge is -2.19. The molecule has 0 aromatic heterocycles. The Labute approximate surface area is 109 Å². The molecule has 19 heavy (non-hydrogen) atoms. The van der Waals surface area contributed by atoms with Gasteiger partial charge in [-0.1, -0.05) is 36.4 Å². The molecular weight excluding hydrogens is 259 g/mol. The summed E-state index contributed by atoms with van der Waals surface area (Å²) in [6, 6.07) is 7.48. The van der Waals surface area contributed by atoms with Crippen molar-refractivity contribution in [2.45, 2.75) is 12.2 Å². The molecule has 0 saturated carbocycles. The molecule has 0 aliphatic rings. The van der Waals surface area contributed by atoms with Crippen LogP contribution in [0.5, 0.6) is 0 Å². The summed E-state index contributed by atoms with van der Waals surface area (Å²) >= 11 is 0. The number of nitrogens with one attached hydrogen (secondary N) is 1. The van der Waals surface area contributed by atoms with Gasteiger partial charge in [0.1, 0.15) is 0 Å². The van der Waals surface area contributed by atoms with Gasteiger partial charge in [-0.05, 0) is 5.56 Å². The van der Waals surface area contributed by atoms with Crippen LogP contribution in [0, 0.1) is 0 Å². The normalized spacial score (nSPS) is 12.8. The van der Waals surface area contributed by atoms with Crippen LogP contribution in [0.2, 0.25) is 0 Å². The first kappa shape index (κ1) is 15.2. The second kappa shape index (κ2) is 6.94. The molecule has 0 radical (unpaired) electrons. The average Bonchev–Trinajstić information content (AvgIpc) is 2.37. The van der Waals surface area contributed by atoms with Crippen molar-refractivity contribution >= 4 is 5.91 Å². The molecule has 0 aliphatic heterocycles. The molecular formula is C13H14F3NO2. The van der Waals surface area contributed by atoms with E-state index in [0.717, 1.165) is 0 Å². The van der Waals surface area contributed by atoms with Crippen LogP contribution >= 0.6 is 0 Å². The van der Waals surface area contributed by atoms with Gasteiger partial charge in [-0.3, -0.25) is 4.79 Å². The molecule has 0 fully saturated rings. The number of benzene rings is 1. The van der Waals surface area contributed by atoms with Gasteiger partial charge in [-0.15, -0.1) is 6.58 Å². The number of alkyl halides is 3. The number of halogens is 3. The molecule has 1 atom stereocenters. The first-order valence-electron chi connectivity index (χ1n) is 5.56. The van der Waals surface area contributed by atoms with Crippen molar-refractivity contribution in [3.8, 4) is 0 Å². The standard InChI is InChI=1S/C13H14F3NO2/c1-2-8-19-9-11(10-6-4-3-5-7-10)17-12(18)13(14,15)16/h2-7,11H,1,8-9H2,(H,17,18)/t11-/m0/s1. The van der Waals surface area contributed by atoms with E-state index in [1.165, 1.54) is 6.08 Å². The molecule has 1 amide bonds. The maximum Gasteiger partial charge on any atom is 0.471 e. The van der Waals surface area contributed by atoms with Gasteiger partial charge < -0.3 is 10.1 Å². The minimum Gasteiger partial charge on any atom is -0.375 e. The highest BCUT2D eigenvalue weighted by Gasteiger charge is 2.39. The predicted molar refractivity (Wildman–Crippen MR) is 64.4 cm³/mol. The summed E-state index contributed by atoms with van der Waals surface area (Å²) in [6.45, 7) is 3.58. The monoisotopic (exact) mass is 273 g/mol. The molecule has 1 aromatic rings. The first-order chi connectivity index (χ1) is 8.95. The summed E-state index contributed by atoms with van der Waals surface area (Å²) in [7, 11) is 0. The fraction of sp³-hybridized carbons (Fsp3) is 0.308. The van der Waals surface area contributed by atoms with E-state index < -0.39 is 18.1 Å². The van der Waals surface area contributed by atoms with Gasteiger partial charge in [-0.25, -0.2) is 0 Å². The van der Waals surface area contributed by atoms with E-state index in [4.69, 9.17) is 4.74 Å². The zero-order valence-corrected chi connectivity index (χ0v) is 10.1. The molecule has 1 rings (SSSR count). The molecule has 0 saturated heterocycles. The van der Waals surface area contributed by atoms with Crippen molar-refractivity contribution in [2.24, 2.45) is 0 Å². The summed E-state index contributed by atoms with van der Waals surface area (Å²) in [5.41, 5.74) is 0.546. The summed E-state index contributed by atoms with van der Waals surface area (Å²) in [5.74, 6) is -1.98. The van der Waals surface area contributed by atoms with Gasteiger partial charge in [0.05, 0.1) is 19.3 Å². The lowest BCUT2D eigenvalue weighted by molar-refractivity contribution is -0.174. The Morgan fingerprint density at radius 1 is 1.37 bits per heavy atom. The number of ether oxygens (including phenoxy) is 1. The fourth-order valence-electron chi connectivity index (χ4n) is 1.42. The number of hydrogen-bond donors (Lipinski definition) is 1. The van der Waals surface area contributed by atoms with Crippen molar-refractivity contribution in [3.05, 3.63) is 48.6 Å². The highest BCUT2D eigenvalue weighted by Crippen LogP contribution is 2.19. The van der Waals surface area contributed by atoms with Crippen LogP contribution in [0.3, 0.4) is 0 Å². The minimum absolute atomic E-state index is 0.0577. The van der Waals surface area contributed by atoms with Gasteiger partial charge in [0, 0.05) is 0 Å². The minimum atomic E-state index is -4.91. The Kier molecular flexibility index (Phi) is 5.57. The van der Waals surface area contributed by atoms with Crippen LogP contribution in [0.4, 0.5) is 13.2 Å². The summed E-state index contributed by atoms with van der Waals surface area (Å²) in [6.07, 6.45) is -3.43. The summed E-state index contributed by atoms with van der Waals surface area (Å²) < 4.78 is 41.8. The SMILES string of the molecule is C=CCOC[C@H](NC(=O)C(F)(F)F)c1ccccc1. The van der Waals surface area contributed by atoms with Crippen LogP contribution < -0.4 is 5.32 Å². The van der Waals surface area contributed by atoms with Gasteiger partial charge in [-0.2, -0.15) is 13.2 Å². The molecule has 3 nitrogen and oxygen atoms in total. The lowest BCUT2D eigenvalue weighted by atomic mass is 10.1. The van der Waals surface area contributed by atoms with E-state index in [0.29, 0.717) is 5.56 Å². The van der Waals surface area contributed by atoms with E-state index in [-0.39, 0.29) is 13.2 Å². The second-order valence-corrected chi connectivity index (χ2v) is 3.76. The van der Waals surface area contributed by atoms with E-state index in [1.807, 2.05) is 5.32 Å². The van der Waals surface area contributed by atoms with E-state index in [9.17, 15) is 18.0 Å². The van der Waals surface area contributed by atoms with Gasteiger partial charge in [0.25, 0.3) is 0 Å².